The third kappa shape index (κ3) is 4.17. The highest BCUT2D eigenvalue weighted by molar-refractivity contribution is 6.32. The van der Waals surface area contributed by atoms with Crippen LogP contribution < -0.4 is 4.74 Å². The second kappa shape index (κ2) is 7.38. The molecule has 2 aromatic carbocycles. The number of ether oxygens (including phenoxy) is 1. The summed E-state index contributed by atoms with van der Waals surface area (Å²) >= 11 is 5.89. The van der Waals surface area contributed by atoms with Crippen LogP contribution in [0.15, 0.2) is 36.4 Å². The molecule has 0 radical (unpaired) electrons. The number of rotatable bonds is 6. The molecule has 0 aliphatic heterocycles. The van der Waals surface area contributed by atoms with Crippen LogP contribution >= 0.6 is 11.6 Å². The highest BCUT2D eigenvalue weighted by Gasteiger charge is 2.21. The Bertz CT molecular complexity index is 712. The summed E-state index contributed by atoms with van der Waals surface area (Å²) < 4.78 is 5.49. The van der Waals surface area contributed by atoms with E-state index in [0.717, 1.165) is 16.9 Å². The average molecular weight is 335 g/mol. The Morgan fingerprint density at radius 1 is 1.26 bits per heavy atom. The minimum Gasteiger partial charge on any atom is -0.506 e. The summed E-state index contributed by atoms with van der Waals surface area (Å²) in [7, 11) is 0. The largest absolute Gasteiger partial charge is 0.506 e. The zero-order chi connectivity index (χ0) is 17.0. The molecule has 0 spiro atoms. The molecule has 2 N–H and O–H groups in total. The second-order valence-electron chi connectivity index (χ2n) is 5.34. The van der Waals surface area contributed by atoms with Gasteiger partial charge in [-0.1, -0.05) is 29.8 Å². The van der Waals surface area contributed by atoms with E-state index in [9.17, 15) is 15.0 Å². The van der Waals surface area contributed by atoms with E-state index in [1.165, 1.54) is 6.07 Å². The molecule has 0 amide bonds. The maximum absolute atomic E-state index is 11.7. The molecule has 5 heteroatoms. The van der Waals surface area contributed by atoms with Crippen LogP contribution in [0, 0.1) is 6.92 Å². The Morgan fingerprint density at radius 2 is 2.00 bits per heavy atom. The first-order valence-corrected chi connectivity index (χ1v) is 7.73. The summed E-state index contributed by atoms with van der Waals surface area (Å²) in [6, 6.07) is 10.2. The summed E-state index contributed by atoms with van der Waals surface area (Å²) in [6.45, 7) is 4.36. The van der Waals surface area contributed by atoms with Gasteiger partial charge in [0.05, 0.1) is 17.5 Å². The van der Waals surface area contributed by atoms with E-state index in [1.54, 1.807) is 24.3 Å². The SMILES string of the molecule is CCOc1ccc(C(Cc2ccc(O)c(Cl)c2)C(=O)O)cc1C. The van der Waals surface area contributed by atoms with Crippen molar-refractivity contribution >= 4 is 17.6 Å². The Morgan fingerprint density at radius 3 is 2.57 bits per heavy atom. The van der Waals surface area contributed by atoms with Crippen molar-refractivity contribution < 1.29 is 19.7 Å². The molecule has 4 nitrogen and oxygen atoms in total. The predicted octanol–water partition coefficient (Wildman–Crippen LogP) is 4.16. The van der Waals surface area contributed by atoms with Crippen LogP contribution in [0.25, 0.3) is 0 Å². The standard InChI is InChI=1S/C18H19ClO4/c1-3-23-17-7-5-13(8-11(17)2)14(18(21)22)9-12-4-6-16(20)15(19)10-12/h4-8,10,14,20H,3,9H2,1-2H3,(H,21,22). The van der Waals surface area contributed by atoms with Gasteiger partial charge in [0.2, 0.25) is 0 Å². The fourth-order valence-electron chi connectivity index (χ4n) is 2.47. The molecule has 122 valence electrons. The number of phenols is 1. The van der Waals surface area contributed by atoms with Gasteiger partial charge in [-0.3, -0.25) is 4.79 Å². The number of benzene rings is 2. The molecule has 0 aliphatic carbocycles. The zero-order valence-corrected chi connectivity index (χ0v) is 13.8. The first-order chi connectivity index (χ1) is 10.9. The molecule has 0 fully saturated rings. The molecular weight excluding hydrogens is 316 g/mol. The number of hydrogen-bond acceptors (Lipinski definition) is 3. The van der Waals surface area contributed by atoms with Crippen LogP contribution in [-0.2, 0) is 11.2 Å². The Balaban J connectivity index is 2.29. The summed E-state index contributed by atoms with van der Waals surface area (Å²) in [5.41, 5.74) is 2.37. The van der Waals surface area contributed by atoms with Gasteiger partial charge in [-0.25, -0.2) is 0 Å². The van der Waals surface area contributed by atoms with Crippen molar-refractivity contribution in [3.05, 3.63) is 58.1 Å². The first-order valence-electron chi connectivity index (χ1n) is 7.36. The van der Waals surface area contributed by atoms with Crippen molar-refractivity contribution in [2.75, 3.05) is 6.61 Å². The van der Waals surface area contributed by atoms with E-state index in [-0.39, 0.29) is 10.8 Å². The lowest BCUT2D eigenvalue weighted by Crippen LogP contribution is -2.14. The second-order valence-corrected chi connectivity index (χ2v) is 5.75. The van der Waals surface area contributed by atoms with Crippen LogP contribution in [0.4, 0.5) is 0 Å². The summed E-state index contributed by atoms with van der Waals surface area (Å²) in [5.74, 6) is -0.852. The van der Waals surface area contributed by atoms with E-state index in [2.05, 4.69) is 0 Å². The highest BCUT2D eigenvalue weighted by Crippen LogP contribution is 2.29. The minimum absolute atomic E-state index is 0.0146. The fourth-order valence-corrected chi connectivity index (χ4v) is 2.67. The van der Waals surface area contributed by atoms with Crippen molar-refractivity contribution in [2.24, 2.45) is 0 Å². The number of phenolic OH excluding ortho intramolecular Hbond substituents is 1. The van der Waals surface area contributed by atoms with Gasteiger partial charge >= 0.3 is 5.97 Å². The number of carboxylic acids is 1. The maximum atomic E-state index is 11.7. The molecule has 0 saturated heterocycles. The maximum Gasteiger partial charge on any atom is 0.311 e. The number of carbonyl (C=O) groups is 1. The molecule has 0 bridgehead atoms. The van der Waals surface area contributed by atoms with E-state index in [0.29, 0.717) is 18.6 Å². The van der Waals surface area contributed by atoms with Crippen LogP contribution in [0.5, 0.6) is 11.5 Å². The zero-order valence-electron chi connectivity index (χ0n) is 13.0. The van der Waals surface area contributed by atoms with E-state index < -0.39 is 11.9 Å². The molecule has 0 aromatic heterocycles. The summed E-state index contributed by atoms with van der Waals surface area (Å²) in [6.07, 6.45) is 0.294. The van der Waals surface area contributed by atoms with Gasteiger partial charge < -0.3 is 14.9 Å². The normalized spacial score (nSPS) is 12.0. The van der Waals surface area contributed by atoms with Gasteiger partial charge in [-0.05, 0) is 55.2 Å². The van der Waals surface area contributed by atoms with Crippen molar-refractivity contribution in [1.29, 1.82) is 0 Å². The van der Waals surface area contributed by atoms with Gasteiger partial charge in [-0.2, -0.15) is 0 Å². The number of aryl methyl sites for hydroxylation is 1. The highest BCUT2D eigenvalue weighted by atomic mass is 35.5. The molecule has 1 unspecified atom stereocenters. The smallest absolute Gasteiger partial charge is 0.311 e. The van der Waals surface area contributed by atoms with Crippen molar-refractivity contribution in [3.63, 3.8) is 0 Å². The lowest BCUT2D eigenvalue weighted by molar-refractivity contribution is -0.138. The number of aromatic hydroxyl groups is 1. The predicted molar refractivity (Wildman–Crippen MR) is 89.5 cm³/mol. The molecule has 2 aromatic rings. The number of aliphatic carboxylic acids is 1. The molecule has 0 heterocycles. The monoisotopic (exact) mass is 334 g/mol. The molecule has 2 rings (SSSR count). The van der Waals surface area contributed by atoms with Crippen molar-refractivity contribution in [1.82, 2.24) is 0 Å². The van der Waals surface area contributed by atoms with E-state index >= 15 is 0 Å². The molecular formula is C18H19ClO4. The van der Waals surface area contributed by atoms with Gasteiger partial charge in [0.1, 0.15) is 11.5 Å². The third-order valence-corrected chi connectivity index (χ3v) is 3.95. The first kappa shape index (κ1) is 17.2. The van der Waals surface area contributed by atoms with Crippen molar-refractivity contribution in [3.8, 4) is 11.5 Å². The fraction of sp³-hybridized carbons (Fsp3) is 0.278. The molecule has 0 aliphatic rings. The van der Waals surface area contributed by atoms with Crippen LogP contribution in [-0.4, -0.2) is 22.8 Å². The van der Waals surface area contributed by atoms with E-state index in [4.69, 9.17) is 16.3 Å². The number of carboxylic acid groups (broad SMARTS) is 1. The van der Waals surface area contributed by atoms with Crippen LogP contribution in [0.1, 0.15) is 29.5 Å². The third-order valence-electron chi connectivity index (χ3n) is 3.65. The van der Waals surface area contributed by atoms with Gasteiger partial charge in [0.15, 0.2) is 0 Å². The summed E-state index contributed by atoms with van der Waals surface area (Å²) in [5, 5.41) is 19.2. The van der Waals surface area contributed by atoms with Gasteiger partial charge in [0, 0.05) is 0 Å². The topological polar surface area (TPSA) is 66.8 Å². The number of hydrogen-bond donors (Lipinski definition) is 2. The Kier molecular flexibility index (Phi) is 5.50. The Labute approximate surface area is 140 Å². The summed E-state index contributed by atoms with van der Waals surface area (Å²) in [4.78, 5) is 11.7. The van der Waals surface area contributed by atoms with Crippen LogP contribution in [0.2, 0.25) is 5.02 Å². The Hall–Kier alpha value is -2.20. The van der Waals surface area contributed by atoms with Gasteiger partial charge in [-0.15, -0.1) is 0 Å². The van der Waals surface area contributed by atoms with Gasteiger partial charge in [0.25, 0.3) is 0 Å². The minimum atomic E-state index is -0.905. The van der Waals surface area contributed by atoms with E-state index in [1.807, 2.05) is 19.9 Å². The quantitative estimate of drug-likeness (QED) is 0.832. The number of halogens is 1. The average Bonchev–Trinajstić information content (AvgIpc) is 2.50. The lowest BCUT2D eigenvalue weighted by Gasteiger charge is -2.16. The van der Waals surface area contributed by atoms with Crippen LogP contribution in [0.3, 0.4) is 0 Å². The molecule has 0 saturated carbocycles. The molecule has 23 heavy (non-hydrogen) atoms. The van der Waals surface area contributed by atoms with Crippen molar-refractivity contribution in [2.45, 2.75) is 26.2 Å². The molecule has 1 atom stereocenters. The lowest BCUT2D eigenvalue weighted by atomic mass is 9.91.